The molecular formula is C13H10ClN3O3. The van der Waals surface area contributed by atoms with Crippen LogP contribution in [0.4, 0.5) is 11.4 Å². The molecule has 0 unspecified atom stereocenters. The average molecular weight is 292 g/mol. The van der Waals surface area contributed by atoms with Gasteiger partial charge in [-0.05, 0) is 18.6 Å². The number of nitro groups is 1. The minimum absolute atomic E-state index is 0.0910. The fourth-order valence-corrected chi connectivity index (χ4v) is 1.81. The Hall–Kier alpha value is -2.47. The Morgan fingerprint density at radius 3 is 2.80 bits per heavy atom. The zero-order chi connectivity index (χ0) is 14.7. The molecule has 0 aliphatic rings. The summed E-state index contributed by atoms with van der Waals surface area (Å²) >= 11 is 5.88. The van der Waals surface area contributed by atoms with Gasteiger partial charge in [0.15, 0.2) is 0 Å². The third-order valence-corrected chi connectivity index (χ3v) is 3.00. The van der Waals surface area contributed by atoms with Crippen molar-refractivity contribution < 1.29 is 9.72 Å². The van der Waals surface area contributed by atoms with Crippen molar-refractivity contribution in [2.45, 2.75) is 6.92 Å². The second-order valence-electron chi connectivity index (χ2n) is 4.07. The molecule has 0 radical (unpaired) electrons. The average Bonchev–Trinajstić information content (AvgIpc) is 2.41. The van der Waals surface area contributed by atoms with Gasteiger partial charge in [-0.25, -0.2) is 0 Å². The van der Waals surface area contributed by atoms with Crippen LogP contribution in [-0.2, 0) is 0 Å². The summed E-state index contributed by atoms with van der Waals surface area (Å²) in [5.74, 6) is -0.444. The van der Waals surface area contributed by atoms with Crippen molar-refractivity contribution in [3.8, 4) is 0 Å². The highest BCUT2D eigenvalue weighted by Gasteiger charge is 2.14. The first-order valence-electron chi connectivity index (χ1n) is 5.65. The highest BCUT2D eigenvalue weighted by molar-refractivity contribution is 6.34. The van der Waals surface area contributed by atoms with Crippen molar-refractivity contribution in [1.29, 1.82) is 0 Å². The molecule has 1 aromatic carbocycles. The summed E-state index contributed by atoms with van der Waals surface area (Å²) < 4.78 is 0. The third kappa shape index (κ3) is 2.92. The molecule has 0 aliphatic carbocycles. The molecule has 0 fully saturated rings. The molecule has 0 saturated heterocycles. The van der Waals surface area contributed by atoms with Crippen LogP contribution < -0.4 is 5.32 Å². The molecule has 6 nitrogen and oxygen atoms in total. The molecule has 1 amide bonds. The molecule has 2 aromatic rings. The van der Waals surface area contributed by atoms with E-state index < -0.39 is 10.8 Å². The quantitative estimate of drug-likeness (QED) is 0.695. The molecule has 1 N–H and O–H groups in total. The van der Waals surface area contributed by atoms with E-state index in [1.807, 2.05) is 0 Å². The van der Waals surface area contributed by atoms with Crippen LogP contribution >= 0.6 is 11.6 Å². The van der Waals surface area contributed by atoms with E-state index in [9.17, 15) is 14.9 Å². The standard InChI is InChI=1S/C13H10ClN3O3/c1-8-2-3-9(17(19)20)6-12(8)16-13(18)10-4-5-15-7-11(10)14/h2-7H,1H3,(H,16,18). The molecule has 20 heavy (non-hydrogen) atoms. The topological polar surface area (TPSA) is 85.1 Å². The van der Waals surface area contributed by atoms with Gasteiger partial charge in [0.25, 0.3) is 11.6 Å². The monoisotopic (exact) mass is 291 g/mol. The summed E-state index contributed by atoms with van der Waals surface area (Å²) in [5, 5.41) is 13.6. The van der Waals surface area contributed by atoms with Gasteiger partial charge in [0.2, 0.25) is 0 Å². The Balaban J connectivity index is 2.30. The minimum atomic E-state index is -0.519. The first kappa shape index (κ1) is 14.0. The number of carbonyl (C=O) groups is 1. The predicted octanol–water partition coefficient (Wildman–Crippen LogP) is 3.20. The van der Waals surface area contributed by atoms with Crippen LogP contribution in [0.5, 0.6) is 0 Å². The SMILES string of the molecule is Cc1ccc([N+](=O)[O-])cc1NC(=O)c1ccncc1Cl. The number of carbonyl (C=O) groups excluding carboxylic acids is 1. The number of halogens is 1. The van der Waals surface area contributed by atoms with Gasteiger partial charge < -0.3 is 5.32 Å². The van der Waals surface area contributed by atoms with E-state index in [2.05, 4.69) is 10.3 Å². The number of nitro benzene ring substituents is 1. The molecule has 0 aliphatic heterocycles. The van der Waals surface area contributed by atoms with Crippen molar-refractivity contribution in [3.05, 3.63) is 62.9 Å². The van der Waals surface area contributed by atoms with E-state index in [0.29, 0.717) is 11.3 Å². The summed E-state index contributed by atoms with van der Waals surface area (Å²) in [7, 11) is 0. The maximum absolute atomic E-state index is 12.1. The minimum Gasteiger partial charge on any atom is -0.321 e. The summed E-state index contributed by atoms with van der Waals surface area (Å²) in [6, 6.07) is 5.74. The van der Waals surface area contributed by atoms with Crippen molar-refractivity contribution in [2.24, 2.45) is 0 Å². The van der Waals surface area contributed by atoms with Crippen molar-refractivity contribution >= 4 is 28.9 Å². The second kappa shape index (κ2) is 5.66. The van der Waals surface area contributed by atoms with Crippen molar-refractivity contribution in [3.63, 3.8) is 0 Å². The van der Waals surface area contributed by atoms with Crippen LogP contribution in [0.15, 0.2) is 36.7 Å². The maximum Gasteiger partial charge on any atom is 0.271 e. The number of non-ortho nitro benzene ring substituents is 1. The molecular weight excluding hydrogens is 282 g/mol. The van der Waals surface area contributed by atoms with E-state index >= 15 is 0 Å². The van der Waals surface area contributed by atoms with E-state index in [4.69, 9.17) is 11.6 Å². The van der Waals surface area contributed by atoms with E-state index in [-0.39, 0.29) is 16.3 Å². The normalized spacial score (nSPS) is 10.1. The summed E-state index contributed by atoms with van der Waals surface area (Å²) in [4.78, 5) is 26.1. The Labute approximate surface area is 119 Å². The van der Waals surface area contributed by atoms with Crippen LogP contribution in [0.1, 0.15) is 15.9 Å². The lowest BCUT2D eigenvalue weighted by molar-refractivity contribution is -0.384. The lowest BCUT2D eigenvalue weighted by Crippen LogP contribution is -2.13. The Morgan fingerprint density at radius 1 is 1.40 bits per heavy atom. The number of benzene rings is 1. The first-order chi connectivity index (χ1) is 9.49. The first-order valence-corrected chi connectivity index (χ1v) is 6.02. The second-order valence-corrected chi connectivity index (χ2v) is 4.47. The number of nitrogens with zero attached hydrogens (tertiary/aromatic N) is 2. The highest BCUT2D eigenvalue weighted by Crippen LogP contribution is 2.23. The van der Waals surface area contributed by atoms with Crippen LogP contribution in [-0.4, -0.2) is 15.8 Å². The summed E-state index contributed by atoms with van der Waals surface area (Å²) in [5.41, 5.74) is 1.26. The van der Waals surface area contributed by atoms with Gasteiger partial charge in [-0.3, -0.25) is 19.9 Å². The van der Waals surface area contributed by atoms with Crippen LogP contribution in [0, 0.1) is 17.0 Å². The van der Waals surface area contributed by atoms with Gasteiger partial charge in [-0.15, -0.1) is 0 Å². The molecule has 1 aromatic heterocycles. The summed E-state index contributed by atoms with van der Waals surface area (Å²) in [6.07, 6.45) is 2.80. The van der Waals surface area contributed by atoms with Gasteiger partial charge in [-0.1, -0.05) is 17.7 Å². The van der Waals surface area contributed by atoms with Gasteiger partial charge >= 0.3 is 0 Å². The van der Waals surface area contributed by atoms with Gasteiger partial charge in [0.05, 0.1) is 21.2 Å². The Kier molecular flexibility index (Phi) is 3.95. The number of aryl methyl sites for hydroxylation is 1. The van der Waals surface area contributed by atoms with E-state index in [1.54, 1.807) is 13.0 Å². The van der Waals surface area contributed by atoms with Crippen LogP contribution in [0.3, 0.4) is 0 Å². The maximum atomic E-state index is 12.1. The molecule has 1 heterocycles. The predicted molar refractivity (Wildman–Crippen MR) is 75.0 cm³/mol. The van der Waals surface area contributed by atoms with Gasteiger partial charge in [-0.2, -0.15) is 0 Å². The smallest absolute Gasteiger partial charge is 0.271 e. The lowest BCUT2D eigenvalue weighted by Gasteiger charge is -2.09. The van der Waals surface area contributed by atoms with E-state index in [1.165, 1.54) is 30.6 Å². The number of anilines is 1. The number of pyridine rings is 1. The zero-order valence-electron chi connectivity index (χ0n) is 10.5. The largest absolute Gasteiger partial charge is 0.321 e. The lowest BCUT2D eigenvalue weighted by atomic mass is 10.1. The van der Waals surface area contributed by atoms with Gasteiger partial charge in [0.1, 0.15) is 0 Å². The molecule has 0 saturated carbocycles. The number of amides is 1. The molecule has 102 valence electrons. The molecule has 2 rings (SSSR count). The molecule has 0 spiro atoms. The number of aromatic nitrogens is 1. The number of rotatable bonds is 3. The van der Waals surface area contributed by atoms with E-state index in [0.717, 1.165) is 0 Å². The van der Waals surface area contributed by atoms with Gasteiger partial charge in [0, 0.05) is 24.5 Å². The number of hydrogen-bond donors (Lipinski definition) is 1. The number of hydrogen-bond acceptors (Lipinski definition) is 4. The summed E-state index contributed by atoms with van der Waals surface area (Å²) in [6.45, 7) is 1.74. The van der Waals surface area contributed by atoms with Crippen LogP contribution in [0.25, 0.3) is 0 Å². The fraction of sp³-hybridized carbons (Fsp3) is 0.0769. The van der Waals surface area contributed by atoms with Crippen LogP contribution in [0.2, 0.25) is 5.02 Å². The molecule has 7 heteroatoms. The number of nitrogens with one attached hydrogen (secondary N) is 1. The molecule has 0 atom stereocenters. The zero-order valence-corrected chi connectivity index (χ0v) is 11.2. The third-order valence-electron chi connectivity index (χ3n) is 2.70. The fourth-order valence-electron chi connectivity index (χ4n) is 1.61. The highest BCUT2D eigenvalue weighted by atomic mass is 35.5. The van der Waals surface area contributed by atoms with Crippen molar-refractivity contribution in [2.75, 3.05) is 5.32 Å². The van der Waals surface area contributed by atoms with Crippen molar-refractivity contribution in [1.82, 2.24) is 4.98 Å². The Bertz CT molecular complexity index is 688. The molecule has 0 bridgehead atoms. The Morgan fingerprint density at radius 2 is 2.15 bits per heavy atom.